The van der Waals surface area contributed by atoms with Gasteiger partial charge in [-0.25, -0.2) is 4.98 Å². The first-order valence-electron chi connectivity index (χ1n) is 7.47. The Kier molecular flexibility index (Phi) is 5.95. The first kappa shape index (κ1) is 16.5. The Hall–Kier alpha value is -1.88. The Bertz CT molecular complexity index is 637. The minimum Gasteiger partial charge on any atom is -0.493 e. The van der Waals surface area contributed by atoms with Crippen LogP contribution in [0.3, 0.4) is 0 Å². The van der Waals surface area contributed by atoms with Gasteiger partial charge >= 0.3 is 5.97 Å². The van der Waals surface area contributed by atoms with Gasteiger partial charge in [-0.1, -0.05) is 25.1 Å². The fourth-order valence-electron chi connectivity index (χ4n) is 2.23. The molecule has 1 aromatic carbocycles. The van der Waals surface area contributed by atoms with Crippen LogP contribution < -0.4 is 4.74 Å². The number of ether oxygens (including phenoxy) is 1. The zero-order chi connectivity index (χ0) is 15.9. The molecule has 0 aliphatic carbocycles. The van der Waals surface area contributed by atoms with E-state index in [1.165, 1.54) is 5.56 Å². The highest BCUT2D eigenvalue weighted by Gasteiger charge is 2.10. The minimum absolute atomic E-state index is 0.156. The minimum atomic E-state index is -0.770. The summed E-state index contributed by atoms with van der Waals surface area (Å²) in [5.74, 6) is 0.165. The summed E-state index contributed by atoms with van der Waals surface area (Å²) in [6, 6.07) is 8.06. The Morgan fingerprint density at radius 3 is 2.82 bits per heavy atom. The van der Waals surface area contributed by atoms with Gasteiger partial charge in [0.15, 0.2) is 0 Å². The number of hydrogen-bond donors (Lipinski definition) is 1. The van der Waals surface area contributed by atoms with Crippen LogP contribution in [-0.2, 0) is 24.1 Å². The number of aromatic nitrogens is 1. The Balaban J connectivity index is 1.89. The van der Waals surface area contributed by atoms with Crippen molar-refractivity contribution in [1.29, 1.82) is 0 Å². The SMILES string of the molecule is CCc1ccccc1OCCc1nc(C)c(CCC(=O)O)s1. The molecule has 0 saturated carbocycles. The van der Waals surface area contributed by atoms with Crippen LogP contribution in [0.2, 0.25) is 0 Å². The molecule has 0 aliphatic heterocycles. The summed E-state index contributed by atoms with van der Waals surface area (Å²) in [5, 5.41) is 9.76. The van der Waals surface area contributed by atoms with Gasteiger partial charge in [0.2, 0.25) is 0 Å². The number of hydrogen-bond acceptors (Lipinski definition) is 4. The number of aryl methyl sites for hydroxylation is 3. The number of benzene rings is 1. The van der Waals surface area contributed by atoms with Crippen molar-refractivity contribution in [3.8, 4) is 5.75 Å². The molecule has 0 unspecified atom stereocenters. The van der Waals surface area contributed by atoms with Crippen LogP contribution in [0.4, 0.5) is 0 Å². The summed E-state index contributed by atoms with van der Waals surface area (Å²) < 4.78 is 5.85. The number of thiazole rings is 1. The smallest absolute Gasteiger partial charge is 0.303 e. The summed E-state index contributed by atoms with van der Waals surface area (Å²) in [7, 11) is 0. The molecule has 0 aliphatic rings. The van der Waals surface area contributed by atoms with Crippen LogP contribution >= 0.6 is 11.3 Å². The molecule has 1 heterocycles. The summed E-state index contributed by atoms with van der Waals surface area (Å²) >= 11 is 1.59. The lowest BCUT2D eigenvalue weighted by Gasteiger charge is -2.09. The van der Waals surface area contributed by atoms with Crippen LogP contribution in [0.25, 0.3) is 0 Å². The van der Waals surface area contributed by atoms with Crippen LogP contribution in [0, 0.1) is 6.92 Å². The summed E-state index contributed by atoms with van der Waals surface area (Å²) in [4.78, 5) is 16.2. The number of aliphatic carboxylic acids is 1. The van der Waals surface area contributed by atoms with Gasteiger partial charge in [0.25, 0.3) is 0 Å². The number of carboxylic acid groups (broad SMARTS) is 1. The molecule has 0 amide bonds. The zero-order valence-electron chi connectivity index (χ0n) is 13.0. The molecule has 0 bridgehead atoms. The second-order valence-corrected chi connectivity index (χ2v) is 6.24. The van der Waals surface area contributed by atoms with E-state index >= 15 is 0 Å². The van der Waals surface area contributed by atoms with E-state index in [9.17, 15) is 4.79 Å². The van der Waals surface area contributed by atoms with E-state index in [4.69, 9.17) is 9.84 Å². The van der Waals surface area contributed by atoms with Crippen LogP contribution in [0.1, 0.15) is 34.5 Å². The Morgan fingerprint density at radius 1 is 1.32 bits per heavy atom. The van der Waals surface area contributed by atoms with Gasteiger partial charge in [-0.2, -0.15) is 0 Å². The molecule has 0 fully saturated rings. The Morgan fingerprint density at radius 2 is 2.09 bits per heavy atom. The molecule has 1 N–H and O–H groups in total. The molecule has 5 heteroatoms. The standard InChI is InChI=1S/C17H21NO3S/c1-3-13-6-4-5-7-14(13)21-11-10-16-18-12(2)15(22-16)8-9-17(19)20/h4-7H,3,8-11H2,1-2H3,(H,19,20). The predicted octanol–water partition coefficient (Wildman–Crippen LogP) is 3.65. The summed E-state index contributed by atoms with van der Waals surface area (Å²) in [5.41, 5.74) is 2.15. The molecule has 0 radical (unpaired) electrons. The van der Waals surface area contributed by atoms with Gasteiger partial charge in [0.1, 0.15) is 5.75 Å². The second kappa shape index (κ2) is 7.94. The maximum Gasteiger partial charge on any atom is 0.303 e. The van der Waals surface area contributed by atoms with Crippen molar-refractivity contribution in [2.45, 2.75) is 39.5 Å². The highest BCUT2D eigenvalue weighted by atomic mass is 32.1. The highest BCUT2D eigenvalue weighted by molar-refractivity contribution is 7.11. The van der Waals surface area contributed by atoms with E-state index in [0.717, 1.165) is 34.2 Å². The molecule has 0 saturated heterocycles. The van der Waals surface area contributed by atoms with Crippen LogP contribution in [0.5, 0.6) is 5.75 Å². The average molecular weight is 319 g/mol. The van der Waals surface area contributed by atoms with Gasteiger partial charge in [0, 0.05) is 11.3 Å². The van der Waals surface area contributed by atoms with Crippen LogP contribution in [0.15, 0.2) is 24.3 Å². The fourth-order valence-corrected chi connectivity index (χ4v) is 3.28. The first-order chi connectivity index (χ1) is 10.6. The van der Waals surface area contributed by atoms with E-state index in [-0.39, 0.29) is 6.42 Å². The molecule has 4 nitrogen and oxygen atoms in total. The van der Waals surface area contributed by atoms with Crippen LogP contribution in [-0.4, -0.2) is 22.7 Å². The van der Waals surface area contributed by atoms with Gasteiger partial charge in [-0.15, -0.1) is 11.3 Å². The monoisotopic (exact) mass is 319 g/mol. The van der Waals surface area contributed by atoms with Gasteiger partial charge in [-0.3, -0.25) is 4.79 Å². The number of rotatable bonds is 8. The number of nitrogens with zero attached hydrogens (tertiary/aromatic N) is 1. The Labute approximate surface area is 134 Å². The number of para-hydroxylation sites is 1. The average Bonchev–Trinajstić information content (AvgIpc) is 2.86. The molecule has 0 atom stereocenters. The first-order valence-corrected chi connectivity index (χ1v) is 8.29. The van der Waals surface area contributed by atoms with Crippen molar-refractivity contribution in [2.24, 2.45) is 0 Å². The number of carboxylic acids is 1. The third-order valence-corrected chi connectivity index (χ3v) is 4.71. The molecule has 2 aromatic rings. The van der Waals surface area contributed by atoms with Gasteiger partial charge in [-0.05, 0) is 31.4 Å². The normalized spacial score (nSPS) is 10.6. The van der Waals surface area contributed by atoms with E-state index in [1.54, 1.807) is 11.3 Å². The van der Waals surface area contributed by atoms with Crippen molar-refractivity contribution < 1.29 is 14.6 Å². The molecule has 118 valence electrons. The molecular formula is C17H21NO3S. The third kappa shape index (κ3) is 4.56. The molecule has 2 rings (SSSR count). The molecule has 22 heavy (non-hydrogen) atoms. The van der Waals surface area contributed by atoms with E-state index in [1.807, 2.05) is 25.1 Å². The summed E-state index contributed by atoms with van der Waals surface area (Å²) in [6.07, 6.45) is 2.41. The lowest BCUT2D eigenvalue weighted by molar-refractivity contribution is -0.136. The third-order valence-electron chi connectivity index (χ3n) is 3.43. The summed E-state index contributed by atoms with van der Waals surface area (Å²) in [6.45, 7) is 4.63. The molecule has 0 spiro atoms. The largest absolute Gasteiger partial charge is 0.493 e. The maximum absolute atomic E-state index is 10.6. The van der Waals surface area contributed by atoms with Gasteiger partial charge < -0.3 is 9.84 Å². The van der Waals surface area contributed by atoms with E-state index < -0.39 is 5.97 Å². The highest BCUT2D eigenvalue weighted by Crippen LogP contribution is 2.22. The quantitative estimate of drug-likeness (QED) is 0.807. The number of carbonyl (C=O) groups is 1. The van der Waals surface area contributed by atoms with Crippen molar-refractivity contribution in [3.63, 3.8) is 0 Å². The second-order valence-electron chi connectivity index (χ2n) is 5.07. The topological polar surface area (TPSA) is 59.4 Å². The lowest BCUT2D eigenvalue weighted by atomic mass is 10.1. The van der Waals surface area contributed by atoms with Crippen molar-refractivity contribution >= 4 is 17.3 Å². The van der Waals surface area contributed by atoms with Crippen molar-refractivity contribution in [2.75, 3.05) is 6.61 Å². The maximum atomic E-state index is 10.6. The lowest BCUT2D eigenvalue weighted by Crippen LogP contribution is -2.02. The van der Waals surface area contributed by atoms with Crippen molar-refractivity contribution in [1.82, 2.24) is 4.98 Å². The van der Waals surface area contributed by atoms with Crippen molar-refractivity contribution in [3.05, 3.63) is 45.4 Å². The fraction of sp³-hybridized carbons (Fsp3) is 0.412. The van der Waals surface area contributed by atoms with Gasteiger partial charge in [0.05, 0.1) is 23.7 Å². The zero-order valence-corrected chi connectivity index (χ0v) is 13.8. The predicted molar refractivity (Wildman–Crippen MR) is 87.8 cm³/mol. The van der Waals surface area contributed by atoms with E-state index in [2.05, 4.69) is 18.0 Å². The van der Waals surface area contributed by atoms with E-state index in [0.29, 0.717) is 13.0 Å². The molecule has 1 aromatic heterocycles. The molecular weight excluding hydrogens is 298 g/mol.